The second-order valence-electron chi connectivity index (χ2n) is 7.59. The molecule has 0 aliphatic carbocycles. The number of urea groups is 1. The maximum absolute atomic E-state index is 13.3. The van der Waals surface area contributed by atoms with Gasteiger partial charge in [0.15, 0.2) is 0 Å². The molecular weight excluding hydrogens is 408 g/mol. The highest BCUT2D eigenvalue weighted by atomic mass is 32.1. The summed E-state index contributed by atoms with van der Waals surface area (Å²) in [6, 6.07) is 16.7. The number of methoxy groups -OCH3 is 1. The number of carbonyl (C=O) groups excluding carboxylic acids is 2. The van der Waals surface area contributed by atoms with Crippen LogP contribution in [0.15, 0.2) is 54.6 Å². The molecule has 3 aromatic rings. The number of benzene rings is 2. The number of ether oxygens (including phenoxy) is 1. The van der Waals surface area contributed by atoms with Crippen LogP contribution in [0, 0.1) is 6.92 Å². The summed E-state index contributed by atoms with van der Waals surface area (Å²) < 4.78 is 4.74. The van der Waals surface area contributed by atoms with Crippen molar-refractivity contribution in [2.45, 2.75) is 32.7 Å². The smallest absolute Gasteiger partial charge is 0.337 e. The lowest BCUT2D eigenvalue weighted by molar-refractivity contribution is 0.0600. The molecule has 2 heterocycles. The molecule has 2 aromatic carbocycles. The van der Waals surface area contributed by atoms with Gasteiger partial charge >= 0.3 is 12.0 Å². The monoisotopic (exact) mass is 434 g/mol. The third kappa shape index (κ3) is 4.08. The zero-order valence-corrected chi connectivity index (χ0v) is 18.8. The van der Waals surface area contributed by atoms with Gasteiger partial charge in [0.25, 0.3) is 0 Å². The van der Waals surface area contributed by atoms with Gasteiger partial charge in [-0.1, -0.05) is 37.3 Å². The Morgan fingerprint density at radius 2 is 1.84 bits per heavy atom. The zero-order valence-electron chi connectivity index (χ0n) is 18.0. The minimum absolute atomic E-state index is 0.108. The molecule has 31 heavy (non-hydrogen) atoms. The Labute approximate surface area is 186 Å². The molecule has 0 unspecified atom stereocenters. The third-order valence-electron chi connectivity index (χ3n) is 5.80. The molecule has 1 aliphatic heterocycles. The van der Waals surface area contributed by atoms with Crippen molar-refractivity contribution in [3.05, 3.63) is 86.6 Å². The van der Waals surface area contributed by atoms with Gasteiger partial charge in [-0.2, -0.15) is 0 Å². The van der Waals surface area contributed by atoms with Gasteiger partial charge in [-0.25, -0.2) is 9.59 Å². The van der Waals surface area contributed by atoms with Crippen LogP contribution in [0.1, 0.15) is 49.8 Å². The molecule has 0 radical (unpaired) electrons. The molecule has 1 aliphatic rings. The predicted octanol–water partition coefficient (Wildman–Crippen LogP) is 5.59. The van der Waals surface area contributed by atoms with E-state index in [0.29, 0.717) is 17.8 Å². The fraction of sp³-hybridized carbons (Fsp3) is 0.280. The molecule has 1 aromatic heterocycles. The van der Waals surface area contributed by atoms with E-state index in [-0.39, 0.29) is 12.1 Å². The number of fused-ring (bicyclic) bond motifs is 1. The molecule has 2 amide bonds. The lowest BCUT2D eigenvalue weighted by Crippen LogP contribution is -2.42. The van der Waals surface area contributed by atoms with Crippen molar-refractivity contribution < 1.29 is 14.3 Å². The van der Waals surface area contributed by atoms with Crippen molar-refractivity contribution in [1.82, 2.24) is 4.90 Å². The van der Waals surface area contributed by atoms with Crippen LogP contribution < -0.4 is 5.32 Å². The highest BCUT2D eigenvalue weighted by Crippen LogP contribution is 2.42. The lowest BCUT2D eigenvalue weighted by Gasteiger charge is -2.36. The number of thiophene rings is 1. The Bertz CT molecular complexity index is 1090. The van der Waals surface area contributed by atoms with E-state index < -0.39 is 5.97 Å². The highest BCUT2D eigenvalue weighted by molar-refractivity contribution is 7.12. The molecule has 6 heteroatoms. The van der Waals surface area contributed by atoms with Crippen LogP contribution in [0.25, 0.3) is 0 Å². The minimum Gasteiger partial charge on any atom is -0.465 e. The van der Waals surface area contributed by atoms with Crippen LogP contribution in [0.4, 0.5) is 10.5 Å². The first-order chi connectivity index (χ1) is 15.0. The Hall–Kier alpha value is -3.12. The van der Waals surface area contributed by atoms with Crippen molar-refractivity contribution in [3.8, 4) is 0 Å². The number of rotatable bonds is 4. The number of amides is 2. The van der Waals surface area contributed by atoms with Crippen LogP contribution >= 0.6 is 11.3 Å². The van der Waals surface area contributed by atoms with Gasteiger partial charge in [0.1, 0.15) is 0 Å². The molecule has 0 spiro atoms. The van der Waals surface area contributed by atoms with Gasteiger partial charge < -0.3 is 15.0 Å². The summed E-state index contributed by atoms with van der Waals surface area (Å²) in [4.78, 5) is 29.5. The molecule has 1 atom stereocenters. The molecule has 0 bridgehead atoms. The lowest BCUT2D eigenvalue weighted by atomic mass is 9.92. The van der Waals surface area contributed by atoms with E-state index in [2.05, 4.69) is 31.3 Å². The Balaban J connectivity index is 1.64. The normalized spacial score (nSPS) is 15.3. The second kappa shape index (κ2) is 8.94. The first-order valence-electron chi connectivity index (χ1n) is 10.5. The molecule has 0 saturated carbocycles. The van der Waals surface area contributed by atoms with Gasteiger partial charge in [0.05, 0.1) is 18.7 Å². The maximum atomic E-state index is 13.3. The molecule has 0 saturated heterocycles. The fourth-order valence-corrected chi connectivity index (χ4v) is 5.74. The Morgan fingerprint density at radius 1 is 1.13 bits per heavy atom. The number of aryl methyl sites for hydroxylation is 1. The van der Waals surface area contributed by atoms with Gasteiger partial charge in [0, 0.05) is 22.0 Å². The number of esters is 1. The largest absolute Gasteiger partial charge is 0.465 e. The van der Waals surface area contributed by atoms with Crippen LogP contribution in [-0.4, -0.2) is 30.6 Å². The van der Waals surface area contributed by atoms with Crippen LogP contribution in [0.3, 0.4) is 0 Å². The van der Waals surface area contributed by atoms with Crippen molar-refractivity contribution in [1.29, 1.82) is 0 Å². The number of nitrogens with zero attached hydrogens (tertiary/aromatic N) is 1. The number of hydrogen-bond acceptors (Lipinski definition) is 4. The van der Waals surface area contributed by atoms with Crippen molar-refractivity contribution in [2.75, 3.05) is 19.0 Å². The summed E-state index contributed by atoms with van der Waals surface area (Å²) in [6.07, 6.45) is 1.87. The zero-order chi connectivity index (χ0) is 22.0. The van der Waals surface area contributed by atoms with Gasteiger partial charge in [-0.15, -0.1) is 11.3 Å². The van der Waals surface area contributed by atoms with E-state index in [4.69, 9.17) is 4.74 Å². The third-order valence-corrected chi connectivity index (χ3v) is 7.04. The summed E-state index contributed by atoms with van der Waals surface area (Å²) in [5.74, 6) is -0.398. The van der Waals surface area contributed by atoms with Gasteiger partial charge in [-0.3, -0.25) is 0 Å². The van der Waals surface area contributed by atoms with Crippen molar-refractivity contribution in [2.24, 2.45) is 0 Å². The molecule has 160 valence electrons. The molecule has 1 N–H and O–H groups in total. The highest BCUT2D eigenvalue weighted by Gasteiger charge is 2.35. The van der Waals surface area contributed by atoms with E-state index >= 15 is 0 Å². The number of hydrogen-bond donors (Lipinski definition) is 1. The fourth-order valence-electron chi connectivity index (χ4n) is 4.30. The van der Waals surface area contributed by atoms with Crippen molar-refractivity contribution >= 4 is 29.0 Å². The topological polar surface area (TPSA) is 58.6 Å². The Kier molecular flexibility index (Phi) is 6.09. The summed E-state index contributed by atoms with van der Waals surface area (Å²) in [6.45, 7) is 5.03. The quantitative estimate of drug-likeness (QED) is 0.545. The average molecular weight is 435 g/mol. The molecule has 0 fully saturated rings. The van der Waals surface area contributed by atoms with E-state index in [9.17, 15) is 9.59 Å². The summed E-state index contributed by atoms with van der Waals surface area (Å²) in [5, 5.41) is 3.00. The maximum Gasteiger partial charge on any atom is 0.337 e. The standard InChI is InChI=1S/C25H26N2O3S/c1-4-20-16(2)31-23-21(20)14-15-27(22(23)17-8-6-5-7-9-17)25(29)26-19-12-10-18(11-13-19)24(28)30-3/h5-13,22H,4,14-15H2,1-3H3,(H,26,29)/t22-/m0/s1. The molecule has 4 rings (SSSR count). The van der Waals surface area contributed by atoms with Crippen LogP contribution in [0.5, 0.6) is 0 Å². The summed E-state index contributed by atoms with van der Waals surface area (Å²) >= 11 is 1.81. The average Bonchev–Trinajstić information content (AvgIpc) is 3.13. The van der Waals surface area contributed by atoms with E-state index in [1.165, 1.54) is 28.0 Å². The molecule has 5 nitrogen and oxygen atoms in total. The van der Waals surface area contributed by atoms with Crippen molar-refractivity contribution in [3.63, 3.8) is 0 Å². The van der Waals surface area contributed by atoms with E-state index in [1.54, 1.807) is 35.6 Å². The van der Waals surface area contributed by atoms with Gasteiger partial charge in [0.2, 0.25) is 0 Å². The van der Waals surface area contributed by atoms with E-state index in [0.717, 1.165) is 18.4 Å². The molecular formula is C25H26N2O3S. The first kappa shape index (κ1) is 21.1. The SMILES string of the molecule is CCc1c(C)sc2c1CCN(C(=O)Nc1ccc(C(=O)OC)cc1)[C@H]2c1ccccc1. The van der Waals surface area contributed by atoms with Crippen LogP contribution in [-0.2, 0) is 17.6 Å². The second-order valence-corrected chi connectivity index (χ2v) is 8.85. The van der Waals surface area contributed by atoms with E-state index in [1.807, 2.05) is 23.1 Å². The minimum atomic E-state index is -0.398. The Morgan fingerprint density at radius 3 is 2.48 bits per heavy atom. The number of carbonyl (C=O) groups is 2. The van der Waals surface area contributed by atoms with Gasteiger partial charge in [-0.05, 0) is 60.7 Å². The summed E-state index contributed by atoms with van der Waals surface area (Å²) in [7, 11) is 1.35. The predicted molar refractivity (Wildman–Crippen MR) is 124 cm³/mol. The first-order valence-corrected chi connectivity index (χ1v) is 11.3. The number of nitrogens with one attached hydrogen (secondary N) is 1. The summed E-state index contributed by atoms with van der Waals surface area (Å²) in [5.41, 5.74) is 5.05. The van der Waals surface area contributed by atoms with Crippen LogP contribution in [0.2, 0.25) is 0 Å². The number of anilines is 1.